The molecule has 2 saturated heterocycles. The van der Waals surface area contributed by atoms with E-state index in [2.05, 4.69) is 12.2 Å². The maximum atomic E-state index is 11.9. The number of thioether (sulfide) groups is 1. The van der Waals surface area contributed by atoms with Crippen molar-refractivity contribution in [1.82, 2.24) is 10.2 Å². The molecule has 0 bridgehead atoms. The van der Waals surface area contributed by atoms with E-state index in [-0.39, 0.29) is 6.04 Å². The van der Waals surface area contributed by atoms with Crippen LogP contribution >= 0.6 is 11.8 Å². The van der Waals surface area contributed by atoms with Crippen LogP contribution in [-0.2, 0) is 4.79 Å². The monoisotopic (exact) mass is 214 g/mol. The molecule has 0 radical (unpaired) electrons. The SMILES string of the molecule is CCCC1NCN(C2CCSC2)C1=O. The lowest BCUT2D eigenvalue weighted by Gasteiger charge is -2.22. The molecule has 1 amide bonds. The van der Waals surface area contributed by atoms with E-state index < -0.39 is 0 Å². The summed E-state index contributed by atoms with van der Waals surface area (Å²) in [5, 5.41) is 3.30. The maximum absolute atomic E-state index is 11.9. The Bertz CT molecular complexity index is 216. The van der Waals surface area contributed by atoms with Crippen LogP contribution < -0.4 is 5.32 Å². The second-order valence-corrected chi connectivity index (χ2v) is 5.18. The summed E-state index contributed by atoms with van der Waals surface area (Å²) in [6.07, 6.45) is 3.24. The number of hydrogen-bond donors (Lipinski definition) is 1. The van der Waals surface area contributed by atoms with Crippen LogP contribution in [-0.4, -0.2) is 41.1 Å². The summed E-state index contributed by atoms with van der Waals surface area (Å²) in [4.78, 5) is 14.0. The molecule has 2 atom stereocenters. The largest absolute Gasteiger partial charge is 0.325 e. The molecule has 2 aliphatic heterocycles. The van der Waals surface area contributed by atoms with Gasteiger partial charge >= 0.3 is 0 Å². The van der Waals surface area contributed by atoms with Gasteiger partial charge in [0.25, 0.3) is 0 Å². The Morgan fingerprint density at radius 2 is 2.50 bits per heavy atom. The average molecular weight is 214 g/mol. The topological polar surface area (TPSA) is 32.3 Å². The zero-order valence-corrected chi connectivity index (χ0v) is 9.48. The van der Waals surface area contributed by atoms with Gasteiger partial charge in [0.05, 0.1) is 12.7 Å². The van der Waals surface area contributed by atoms with Crippen molar-refractivity contribution < 1.29 is 4.79 Å². The number of rotatable bonds is 3. The molecule has 0 aromatic rings. The number of nitrogens with one attached hydrogen (secondary N) is 1. The summed E-state index contributed by atoms with van der Waals surface area (Å²) in [5.74, 6) is 2.68. The van der Waals surface area contributed by atoms with Gasteiger partial charge in [-0.05, 0) is 18.6 Å². The maximum Gasteiger partial charge on any atom is 0.241 e. The smallest absolute Gasteiger partial charge is 0.241 e. The normalized spacial score (nSPS) is 32.9. The van der Waals surface area contributed by atoms with Gasteiger partial charge in [-0.2, -0.15) is 11.8 Å². The van der Waals surface area contributed by atoms with Gasteiger partial charge in [-0.25, -0.2) is 0 Å². The van der Waals surface area contributed by atoms with Crippen LogP contribution in [0.3, 0.4) is 0 Å². The molecule has 14 heavy (non-hydrogen) atoms. The van der Waals surface area contributed by atoms with Gasteiger partial charge in [0, 0.05) is 11.8 Å². The number of nitrogens with zero attached hydrogens (tertiary/aromatic N) is 1. The van der Waals surface area contributed by atoms with E-state index in [1.165, 1.54) is 12.2 Å². The van der Waals surface area contributed by atoms with Crippen LogP contribution in [0.2, 0.25) is 0 Å². The van der Waals surface area contributed by atoms with Crippen molar-refractivity contribution in [3.05, 3.63) is 0 Å². The van der Waals surface area contributed by atoms with Crippen molar-refractivity contribution in [3.63, 3.8) is 0 Å². The summed E-state index contributed by atoms with van der Waals surface area (Å²) >= 11 is 1.96. The van der Waals surface area contributed by atoms with Crippen LogP contribution in [0, 0.1) is 0 Å². The fraction of sp³-hybridized carbons (Fsp3) is 0.900. The Hall–Kier alpha value is -0.220. The highest BCUT2D eigenvalue weighted by molar-refractivity contribution is 7.99. The lowest BCUT2D eigenvalue weighted by molar-refractivity contribution is -0.130. The minimum atomic E-state index is 0.102. The summed E-state index contributed by atoms with van der Waals surface area (Å²) in [6.45, 7) is 2.90. The molecule has 0 aromatic carbocycles. The third-order valence-electron chi connectivity index (χ3n) is 3.01. The predicted molar refractivity (Wildman–Crippen MR) is 59.3 cm³/mol. The molecule has 4 heteroatoms. The molecule has 2 heterocycles. The van der Waals surface area contributed by atoms with Gasteiger partial charge < -0.3 is 4.90 Å². The summed E-state index contributed by atoms with van der Waals surface area (Å²) in [6, 6.07) is 0.604. The second kappa shape index (κ2) is 4.53. The molecule has 0 aromatic heterocycles. The van der Waals surface area contributed by atoms with E-state index in [0.717, 1.165) is 25.3 Å². The lowest BCUT2D eigenvalue weighted by atomic mass is 10.1. The molecule has 0 spiro atoms. The van der Waals surface area contributed by atoms with E-state index >= 15 is 0 Å². The first kappa shape index (κ1) is 10.3. The Morgan fingerprint density at radius 3 is 3.14 bits per heavy atom. The number of amides is 1. The van der Waals surface area contributed by atoms with Crippen molar-refractivity contribution in [2.45, 2.75) is 38.3 Å². The summed E-state index contributed by atoms with van der Waals surface area (Å²) < 4.78 is 0. The molecule has 2 aliphatic rings. The summed E-state index contributed by atoms with van der Waals surface area (Å²) in [7, 11) is 0. The Morgan fingerprint density at radius 1 is 1.64 bits per heavy atom. The second-order valence-electron chi connectivity index (χ2n) is 4.03. The van der Waals surface area contributed by atoms with Gasteiger partial charge in [-0.3, -0.25) is 10.1 Å². The Balaban J connectivity index is 1.92. The van der Waals surface area contributed by atoms with Crippen molar-refractivity contribution in [1.29, 1.82) is 0 Å². The van der Waals surface area contributed by atoms with E-state index in [1.54, 1.807) is 0 Å². The molecule has 1 N–H and O–H groups in total. The van der Waals surface area contributed by atoms with Gasteiger partial charge in [0.2, 0.25) is 5.91 Å². The fourth-order valence-corrected chi connectivity index (χ4v) is 3.39. The van der Waals surface area contributed by atoms with Crippen LogP contribution in [0.4, 0.5) is 0 Å². The van der Waals surface area contributed by atoms with E-state index in [1.807, 2.05) is 16.7 Å². The van der Waals surface area contributed by atoms with Crippen LogP contribution in [0.1, 0.15) is 26.2 Å². The van der Waals surface area contributed by atoms with Crippen molar-refractivity contribution >= 4 is 17.7 Å². The van der Waals surface area contributed by atoms with Gasteiger partial charge in [0.1, 0.15) is 0 Å². The van der Waals surface area contributed by atoms with Crippen molar-refractivity contribution in [2.75, 3.05) is 18.2 Å². The number of carbonyl (C=O) groups excluding carboxylic acids is 1. The minimum absolute atomic E-state index is 0.102. The molecular formula is C10H18N2OS. The Kier molecular flexibility index (Phi) is 3.34. The van der Waals surface area contributed by atoms with Crippen molar-refractivity contribution in [2.24, 2.45) is 0 Å². The first-order valence-electron chi connectivity index (χ1n) is 5.44. The standard InChI is InChI=1S/C10H18N2OS/c1-2-3-9-10(13)12(7-11-9)8-4-5-14-6-8/h8-9,11H,2-7H2,1H3. The molecule has 3 nitrogen and oxygen atoms in total. The first-order chi connectivity index (χ1) is 6.83. The molecule has 0 saturated carbocycles. The molecular weight excluding hydrogens is 196 g/mol. The molecule has 80 valence electrons. The van der Waals surface area contributed by atoms with Crippen LogP contribution in [0.15, 0.2) is 0 Å². The average Bonchev–Trinajstić information content (AvgIpc) is 2.77. The number of carbonyl (C=O) groups is 1. The van der Waals surface area contributed by atoms with Crippen LogP contribution in [0.25, 0.3) is 0 Å². The zero-order valence-electron chi connectivity index (χ0n) is 8.66. The fourth-order valence-electron chi connectivity index (χ4n) is 2.17. The molecule has 2 unspecified atom stereocenters. The highest BCUT2D eigenvalue weighted by Gasteiger charge is 2.35. The number of hydrogen-bond acceptors (Lipinski definition) is 3. The Labute approximate surface area is 89.6 Å². The molecule has 2 fully saturated rings. The third-order valence-corrected chi connectivity index (χ3v) is 4.16. The first-order valence-corrected chi connectivity index (χ1v) is 6.60. The molecule has 2 rings (SSSR count). The third kappa shape index (κ3) is 1.91. The molecule has 0 aliphatic carbocycles. The van der Waals surface area contributed by atoms with Gasteiger partial charge in [-0.15, -0.1) is 0 Å². The van der Waals surface area contributed by atoms with E-state index in [9.17, 15) is 4.79 Å². The quantitative estimate of drug-likeness (QED) is 0.762. The summed E-state index contributed by atoms with van der Waals surface area (Å²) in [5.41, 5.74) is 0. The van der Waals surface area contributed by atoms with Crippen LogP contribution in [0.5, 0.6) is 0 Å². The lowest BCUT2D eigenvalue weighted by Crippen LogP contribution is -2.38. The van der Waals surface area contributed by atoms with Crippen molar-refractivity contribution in [3.8, 4) is 0 Å². The van der Waals surface area contributed by atoms with Gasteiger partial charge in [-0.1, -0.05) is 13.3 Å². The van der Waals surface area contributed by atoms with E-state index in [4.69, 9.17) is 0 Å². The van der Waals surface area contributed by atoms with E-state index in [0.29, 0.717) is 11.9 Å². The highest BCUT2D eigenvalue weighted by Crippen LogP contribution is 2.24. The minimum Gasteiger partial charge on any atom is -0.325 e. The van der Waals surface area contributed by atoms with Gasteiger partial charge in [0.15, 0.2) is 0 Å². The zero-order chi connectivity index (χ0) is 9.97. The predicted octanol–water partition coefficient (Wildman–Crippen LogP) is 1.05. The highest BCUT2D eigenvalue weighted by atomic mass is 32.2.